The van der Waals surface area contributed by atoms with Crippen LogP contribution >= 0.6 is 24.0 Å². The normalized spacial score (nSPS) is 17.1. The number of halogens is 4. The molecule has 0 radical (unpaired) electrons. The molecule has 0 aliphatic carbocycles. The summed E-state index contributed by atoms with van der Waals surface area (Å²) in [5, 5.41) is 2.74. The third-order valence-electron chi connectivity index (χ3n) is 3.88. The Bertz CT molecular complexity index is 632. The number of aliphatic imine (C=N–C) groups is 1. The molecule has 1 aromatic carbocycles. The van der Waals surface area contributed by atoms with Crippen LogP contribution in [0.15, 0.2) is 29.3 Å². The summed E-state index contributed by atoms with van der Waals surface area (Å²) in [5.74, 6) is -0.777. The van der Waals surface area contributed by atoms with Gasteiger partial charge < -0.3 is 26.3 Å². The van der Waals surface area contributed by atoms with Crippen LogP contribution in [0.4, 0.5) is 18.9 Å². The Balaban J connectivity index is 0.00000338. The van der Waals surface area contributed by atoms with Crippen LogP contribution in [-0.4, -0.2) is 38.0 Å². The average Bonchev–Trinajstić information content (AvgIpc) is 2.54. The first-order valence-corrected chi connectivity index (χ1v) is 7.51. The van der Waals surface area contributed by atoms with Crippen LogP contribution in [-0.2, 0) is 9.53 Å². The van der Waals surface area contributed by atoms with Crippen molar-refractivity contribution in [1.29, 1.82) is 0 Å². The van der Waals surface area contributed by atoms with E-state index in [-0.39, 0.29) is 42.2 Å². The fourth-order valence-electron chi connectivity index (χ4n) is 2.41. The van der Waals surface area contributed by atoms with Crippen molar-refractivity contribution in [3.8, 4) is 5.75 Å². The maximum Gasteiger partial charge on any atom is 0.573 e. The first-order valence-electron chi connectivity index (χ1n) is 7.51. The molecule has 1 fully saturated rings. The van der Waals surface area contributed by atoms with Crippen molar-refractivity contribution in [2.24, 2.45) is 21.9 Å². The van der Waals surface area contributed by atoms with Gasteiger partial charge >= 0.3 is 6.36 Å². The number of nitrogens with one attached hydrogen (secondary N) is 1. The van der Waals surface area contributed by atoms with Gasteiger partial charge in [-0.3, -0.25) is 9.79 Å². The number of nitrogens with zero attached hydrogens (tertiary/aromatic N) is 1. The van der Waals surface area contributed by atoms with Crippen LogP contribution in [0.25, 0.3) is 0 Å². The molecule has 146 valence electrons. The first-order chi connectivity index (χ1) is 11.7. The van der Waals surface area contributed by atoms with Crippen molar-refractivity contribution >= 4 is 41.5 Å². The number of hydrogen-bond donors (Lipinski definition) is 3. The van der Waals surface area contributed by atoms with Gasteiger partial charge in [-0.05, 0) is 37.1 Å². The summed E-state index contributed by atoms with van der Waals surface area (Å²) in [7, 11) is 0. The molecule has 7 nitrogen and oxygen atoms in total. The lowest BCUT2D eigenvalue weighted by atomic mass is 9.79. The summed E-state index contributed by atoms with van der Waals surface area (Å²) in [6.07, 6.45) is -3.83. The number of ether oxygens (including phenoxy) is 2. The Morgan fingerprint density at radius 3 is 2.31 bits per heavy atom. The van der Waals surface area contributed by atoms with E-state index in [2.05, 4.69) is 15.0 Å². The number of rotatable bonds is 5. The van der Waals surface area contributed by atoms with Gasteiger partial charge in [0.15, 0.2) is 5.96 Å². The minimum Gasteiger partial charge on any atom is -0.406 e. The van der Waals surface area contributed by atoms with Gasteiger partial charge in [-0.1, -0.05) is 0 Å². The van der Waals surface area contributed by atoms with Crippen LogP contribution < -0.4 is 21.5 Å². The lowest BCUT2D eigenvalue weighted by Crippen LogP contribution is -2.44. The second kappa shape index (κ2) is 9.26. The average molecular weight is 488 g/mol. The summed E-state index contributed by atoms with van der Waals surface area (Å²) in [4.78, 5) is 15.9. The molecule has 11 heteroatoms. The first kappa shape index (κ1) is 22.3. The zero-order valence-electron chi connectivity index (χ0n) is 13.7. The molecule has 0 atom stereocenters. The van der Waals surface area contributed by atoms with Crippen molar-refractivity contribution in [3.63, 3.8) is 0 Å². The Morgan fingerprint density at radius 2 is 1.81 bits per heavy atom. The number of nitrogens with two attached hydrogens (primary N) is 2. The van der Waals surface area contributed by atoms with Crippen molar-refractivity contribution in [1.82, 2.24) is 0 Å². The molecule has 5 N–H and O–H groups in total. The molecule has 1 aliphatic heterocycles. The van der Waals surface area contributed by atoms with Crippen LogP contribution in [0.2, 0.25) is 0 Å². The van der Waals surface area contributed by atoms with Crippen molar-refractivity contribution in [2.45, 2.75) is 19.2 Å². The van der Waals surface area contributed by atoms with Crippen LogP contribution in [0.5, 0.6) is 5.75 Å². The highest BCUT2D eigenvalue weighted by molar-refractivity contribution is 14.0. The molecular weight excluding hydrogens is 468 g/mol. The number of carbonyl (C=O) groups excluding carboxylic acids is 1. The molecule has 1 heterocycles. The van der Waals surface area contributed by atoms with E-state index in [4.69, 9.17) is 16.2 Å². The SMILES string of the molecule is I.NC(=O)C1(CN=C(N)Nc2ccc(OC(F)(F)F)cc2)CCOCC1. The molecular formula is C15H20F3IN4O3. The van der Waals surface area contributed by atoms with Gasteiger partial charge in [-0.15, -0.1) is 37.1 Å². The zero-order chi connectivity index (χ0) is 18.5. The van der Waals surface area contributed by atoms with E-state index in [0.717, 1.165) is 12.1 Å². The quantitative estimate of drug-likeness (QED) is 0.335. The highest BCUT2D eigenvalue weighted by Gasteiger charge is 2.38. The van der Waals surface area contributed by atoms with Crippen molar-refractivity contribution in [2.75, 3.05) is 25.1 Å². The summed E-state index contributed by atoms with van der Waals surface area (Å²) >= 11 is 0. The molecule has 1 aliphatic rings. The zero-order valence-corrected chi connectivity index (χ0v) is 16.0. The van der Waals surface area contributed by atoms with Crippen LogP contribution in [0, 0.1) is 5.41 Å². The Hall–Kier alpha value is -1.76. The van der Waals surface area contributed by atoms with E-state index in [1.165, 1.54) is 12.1 Å². The Morgan fingerprint density at radius 1 is 1.23 bits per heavy atom. The topological polar surface area (TPSA) is 112 Å². The number of carbonyl (C=O) groups is 1. The summed E-state index contributed by atoms with van der Waals surface area (Å²) in [6.45, 7) is 0.957. The molecule has 0 spiro atoms. The molecule has 1 aromatic rings. The van der Waals surface area contributed by atoms with E-state index < -0.39 is 17.7 Å². The standard InChI is InChI=1S/C15H19F3N4O3.HI/c16-15(17,18)25-11-3-1-10(2-4-11)22-13(20)21-9-14(12(19)23)5-7-24-8-6-14;/h1-4H,5-9H2,(H2,19,23)(H3,20,21,22);1H. The second-order valence-electron chi connectivity index (χ2n) is 5.66. The second-order valence-corrected chi connectivity index (χ2v) is 5.66. The summed E-state index contributed by atoms with van der Waals surface area (Å²) < 4.78 is 45.3. The predicted octanol–water partition coefficient (Wildman–Crippen LogP) is 2.21. The molecule has 0 bridgehead atoms. The maximum atomic E-state index is 12.1. The summed E-state index contributed by atoms with van der Waals surface area (Å²) in [6, 6.07) is 5.02. The Kier molecular flexibility index (Phi) is 7.93. The van der Waals surface area contributed by atoms with Crippen LogP contribution in [0.1, 0.15) is 12.8 Å². The highest BCUT2D eigenvalue weighted by Crippen LogP contribution is 2.30. The van der Waals surface area contributed by atoms with Gasteiger partial charge in [0.05, 0.1) is 12.0 Å². The molecule has 1 saturated heterocycles. The number of benzene rings is 1. The smallest absolute Gasteiger partial charge is 0.406 e. The Labute approximate surface area is 165 Å². The van der Waals surface area contributed by atoms with E-state index in [9.17, 15) is 18.0 Å². The van der Waals surface area contributed by atoms with Gasteiger partial charge in [0, 0.05) is 18.9 Å². The predicted molar refractivity (Wildman–Crippen MR) is 100 cm³/mol. The fraction of sp³-hybridized carbons (Fsp3) is 0.467. The largest absolute Gasteiger partial charge is 0.573 e. The minimum atomic E-state index is -4.75. The van der Waals surface area contributed by atoms with Gasteiger partial charge in [-0.25, -0.2) is 0 Å². The molecule has 26 heavy (non-hydrogen) atoms. The van der Waals surface area contributed by atoms with E-state index in [1.54, 1.807) is 0 Å². The molecule has 0 unspecified atom stereocenters. The summed E-state index contributed by atoms with van der Waals surface area (Å²) in [5.41, 5.74) is 10.9. The number of amides is 1. The third-order valence-corrected chi connectivity index (χ3v) is 3.88. The van der Waals surface area contributed by atoms with Crippen molar-refractivity contribution in [3.05, 3.63) is 24.3 Å². The third kappa shape index (κ3) is 6.52. The number of guanidine groups is 1. The van der Waals surface area contributed by atoms with Gasteiger partial charge in [0.2, 0.25) is 5.91 Å². The van der Waals surface area contributed by atoms with Crippen LogP contribution in [0.3, 0.4) is 0 Å². The van der Waals surface area contributed by atoms with Gasteiger partial charge in [0.25, 0.3) is 0 Å². The maximum absolute atomic E-state index is 12.1. The number of alkyl halides is 3. The van der Waals surface area contributed by atoms with Crippen molar-refractivity contribution < 1.29 is 27.4 Å². The minimum absolute atomic E-state index is 0. The number of hydrogen-bond acceptors (Lipinski definition) is 4. The molecule has 0 saturated carbocycles. The van der Waals surface area contributed by atoms with E-state index in [0.29, 0.717) is 31.7 Å². The van der Waals surface area contributed by atoms with Gasteiger partial charge in [0.1, 0.15) is 5.75 Å². The van der Waals surface area contributed by atoms with E-state index in [1.807, 2.05) is 0 Å². The number of primary amides is 1. The molecule has 2 rings (SSSR count). The fourth-order valence-corrected chi connectivity index (χ4v) is 2.41. The monoisotopic (exact) mass is 488 g/mol. The lowest BCUT2D eigenvalue weighted by molar-refractivity contribution is -0.274. The number of anilines is 1. The highest BCUT2D eigenvalue weighted by atomic mass is 127. The molecule has 0 aromatic heterocycles. The van der Waals surface area contributed by atoms with E-state index >= 15 is 0 Å². The lowest BCUT2D eigenvalue weighted by Gasteiger charge is -2.32. The molecule has 1 amide bonds. The van der Waals surface area contributed by atoms with Gasteiger partial charge in [-0.2, -0.15) is 0 Å².